The maximum atomic E-state index is 15.2. The first-order valence-corrected chi connectivity index (χ1v) is 17.8. The van der Waals surface area contributed by atoms with Gasteiger partial charge in [-0.2, -0.15) is 18.2 Å². The Labute approximate surface area is 321 Å². The van der Waals surface area contributed by atoms with Gasteiger partial charge >= 0.3 is 13.3 Å². The van der Waals surface area contributed by atoms with Crippen LogP contribution in [0.1, 0.15) is 35.4 Å². The second-order valence-corrected chi connectivity index (χ2v) is 14.8. The molecule has 17 heteroatoms. The fourth-order valence-corrected chi connectivity index (χ4v) is 9.24. The molecule has 2 saturated heterocycles. The van der Waals surface area contributed by atoms with Crippen molar-refractivity contribution in [3.8, 4) is 5.75 Å². The lowest BCUT2D eigenvalue weighted by atomic mass is 9.49. The molecule has 2 aliphatic heterocycles. The van der Waals surface area contributed by atoms with E-state index in [9.17, 15) is 42.7 Å². The van der Waals surface area contributed by atoms with Gasteiger partial charge in [-0.05, 0) is 77.8 Å². The molecule has 0 spiro atoms. The van der Waals surface area contributed by atoms with E-state index in [0.29, 0.717) is 39.0 Å². The van der Waals surface area contributed by atoms with Crippen molar-refractivity contribution in [2.45, 2.75) is 30.4 Å². The fourth-order valence-electron chi connectivity index (χ4n) is 8.90. The summed E-state index contributed by atoms with van der Waals surface area (Å²) in [4.78, 5) is 63.3. The smallest absolute Gasteiger partial charge is 0.488 e. The molecule has 3 fully saturated rings. The third-order valence-electron chi connectivity index (χ3n) is 11.2. The van der Waals surface area contributed by atoms with Crippen LogP contribution in [0.25, 0.3) is 0 Å². The van der Waals surface area contributed by atoms with Crippen molar-refractivity contribution in [3.05, 3.63) is 123 Å². The Hall–Kier alpha value is -5.22. The lowest BCUT2D eigenvalue weighted by molar-refractivity contribution is -0.139. The topological polar surface area (TPSA) is 160 Å². The number of carbonyl (C=O) groups excluding carboxylic acids is 4. The number of hydrazine groups is 1. The van der Waals surface area contributed by atoms with Gasteiger partial charge in [0.25, 0.3) is 11.8 Å². The van der Waals surface area contributed by atoms with Crippen molar-refractivity contribution in [3.63, 3.8) is 0 Å². The number of rotatable bonds is 6. The van der Waals surface area contributed by atoms with Gasteiger partial charge in [-0.1, -0.05) is 71.2 Å². The fraction of sp³-hybridized carbons (Fsp3) is 0.237. The molecular formula is C38H28BCl2F3N4O7. The number of carbonyl (C=O) groups is 4. The number of allylic oxidation sites excluding steroid dienone is 2. The number of nitrogens with zero attached hydrogens (tertiary/aromatic N) is 3. The summed E-state index contributed by atoms with van der Waals surface area (Å²) in [7, 11) is -1.86. The average Bonchev–Trinajstić information content (AvgIpc) is 3.53. The number of halogens is 5. The minimum absolute atomic E-state index is 0.0647. The van der Waals surface area contributed by atoms with Crippen LogP contribution < -0.4 is 15.8 Å². The molecule has 2 aliphatic carbocycles. The number of amides is 4. The van der Waals surface area contributed by atoms with Gasteiger partial charge < -0.3 is 15.2 Å². The number of imide groups is 2. The molecule has 1 saturated carbocycles. The molecule has 6 atom stereocenters. The van der Waals surface area contributed by atoms with Crippen LogP contribution >= 0.6 is 23.2 Å². The quantitative estimate of drug-likeness (QED) is 0.120. The van der Waals surface area contributed by atoms with Gasteiger partial charge in [-0.25, -0.2) is 4.98 Å². The number of hydrogen-bond acceptors (Lipinski definition) is 9. The molecule has 6 unspecified atom stereocenters. The molecule has 4 amide bonds. The number of phenolic OH excluding ortho intramolecular Hbond substituents is 1. The number of pyridine rings is 1. The molecule has 4 aliphatic rings. The Kier molecular flexibility index (Phi) is 8.83. The van der Waals surface area contributed by atoms with Gasteiger partial charge in [0.2, 0.25) is 11.8 Å². The van der Waals surface area contributed by atoms with E-state index < -0.39 is 82.5 Å². The van der Waals surface area contributed by atoms with Gasteiger partial charge in [-0.3, -0.25) is 29.5 Å². The van der Waals surface area contributed by atoms with Crippen LogP contribution in [0.5, 0.6) is 5.75 Å². The summed E-state index contributed by atoms with van der Waals surface area (Å²) in [6, 6.07) is 18.8. The zero-order chi connectivity index (χ0) is 39.1. The Bertz CT molecular complexity index is 2310. The molecule has 4 N–H and O–H groups in total. The number of hydrogen-bond donors (Lipinski definition) is 4. The molecule has 8 rings (SSSR count). The van der Waals surface area contributed by atoms with Crippen molar-refractivity contribution in [1.29, 1.82) is 0 Å². The van der Waals surface area contributed by atoms with Gasteiger partial charge in [0.05, 0.1) is 39.4 Å². The maximum absolute atomic E-state index is 15.2. The molecule has 3 aromatic carbocycles. The minimum atomic E-state index is -4.77. The van der Waals surface area contributed by atoms with Crippen LogP contribution in [0.2, 0.25) is 10.0 Å². The van der Waals surface area contributed by atoms with Crippen LogP contribution in [-0.4, -0.2) is 55.9 Å². The highest BCUT2D eigenvalue weighted by Gasteiger charge is 2.70. The Morgan fingerprint density at radius 3 is 2.25 bits per heavy atom. The first-order valence-electron chi connectivity index (χ1n) is 17.1. The van der Waals surface area contributed by atoms with Crippen molar-refractivity contribution in [1.82, 2.24) is 9.99 Å². The predicted octanol–water partition coefficient (Wildman–Crippen LogP) is 4.98. The van der Waals surface area contributed by atoms with Crippen LogP contribution in [0, 0.1) is 23.7 Å². The first-order chi connectivity index (χ1) is 26.1. The molecule has 1 aromatic heterocycles. The molecule has 3 heterocycles. The van der Waals surface area contributed by atoms with Crippen molar-refractivity contribution in [2.75, 3.05) is 10.3 Å². The molecule has 0 radical (unpaired) electrons. The van der Waals surface area contributed by atoms with E-state index in [4.69, 9.17) is 23.2 Å². The van der Waals surface area contributed by atoms with Crippen LogP contribution in [0.3, 0.4) is 0 Å². The van der Waals surface area contributed by atoms with Crippen LogP contribution in [-0.2, 0) is 30.8 Å². The first kappa shape index (κ1) is 36.7. The van der Waals surface area contributed by atoms with E-state index >= 15 is 4.79 Å². The van der Waals surface area contributed by atoms with E-state index in [-0.39, 0.29) is 35.6 Å². The number of aromatic hydroxyl groups is 1. The normalized spacial score (nSPS) is 26.1. The highest BCUT2D eigenvalue weighted by Crippen LogP contribution is 2.64. The Morgan fingerprint density at radius 1 is 0.891 bits per heavy atom. The SMILES string of the molecule is O=C1C2CC3C(=CCC4C(=O)N(c5cccc(B(O)O)c5)C(=O)C43)C(c3ccc(O)cc3)C2(c2ccc(Cl)cc2)C(=O)N1Nc1ncc(C(F)(F)F)cc1Cl. The Morgan fingerprint density at radius 2 is 1.60 bits per heavy atom. The van der Waals surface area contributed by atoms with Crippen molar-refractivity contribution >= 4 is 70.9 Å². The second kappa shape index (κ2) is 13.2. The van der Waals surface area contributed by atoms with Gasteiger partial charge in [0.1, 0.15) is 5.75 Å². The summed E-state index contributed by atoms with van der Waals surface area (Å²) in [5, 5.41) is 30.4. The van der Waals surface area contributed by atoms with E-state index in [2.05, 4.69) is 10.4 Å². The molecule has 11 nitrogen and oxygen atoms in total. The second-order valence-electron chi connectivity index (χ2n) is 14.0. The van der Waals surface area contributed by atoms with Crippen molar-refractivity contribution in [2.24, 2.45) is 23.7 Å². The lowest BCUT2D eigenvalue weighted by Gasteiger charge is -2.50. The number of aromatic nitrogens is 1. The third kappa shape index (κ3) is 5.71. The molecule has 4 aromatic rings. The van der Waals surface area contributed by atoms with E-state index in [1.165, 1.54) is 36.4 Å². The largest absolute Gasteiger partial charge is 0.508 e. The predicted molar refractivity (Wildman–Crippen MR) is 194 cm³/mol. The van der Waals surface area contributed by atoms with Gasteiger partial charge in [0.15, 0.2) is 5.82 Å². The standard InChI is InChI=1S/C38H28BCl2F3N4O7/c40-22-8-6-19(7-9-22)37-28(34(51)48(36(37)53)46-32-29(41)14-20(17-45-32)38(42,43)44)16-27-25(31(37)18-4-10-24(49)11-5-18)12-13-26-30(27)35(52)47(33(26)50)23-3-1-2-21(15-23)39(54)55/h1-12,14-15,17,26-28,30-31,49,54-55H,13,16H2,(H,45,46). The molecule has 55 heavy (non-hydrogen) atoms. The lowest BCUT2D eigenvalue weighted by Crippen LogP contribution is -2.53. The van der Waals surface area contributed by atoms with E-state index in [1.807, 2.05) is 6.08 Å². The zero-order valence-electron chi connectivity index (χ0n) is 28.2. The molecular weight excluding hydrogens is 763 g/mol. The minimum Gasteiger partial charge on any atom is -0.508 e. The van der Waals surface area contributed by atoms with E-state index in [0.717, 1.165) is 4.90 Å². The van der Waals surface area contributed by atoms with E-state index in [1.54, 1.807) is 36.4 Å². The van der Waals surface area contributed by atoms with Crippen molar-refractivity contribution < 1.29 is 47.5 Å². The Balaban J connectivity index is 1.29. The number of fused-ring (bicyclic) bond motifs is 4. The number of anilines is 2. The zero-order valence-corrected chi connectivity index (χ0v) is 29.8. The van der Waals surface area contributed by atoms with Crippen LogP contribution in [0.4, 0.5) is 24.7 Å². The summed E-state index contributed by atoms with van der Waals surface area (Å²) in [5.74, 6) is -7.86. The summed E-state index contributed by atoms with van der Waals surface area (Å²) in [6.45, 7) is 0. The van der Waals surface area contributed by atoms with Gasteiger partial charge in [0, 0.05) is 17.1 Å². The number of nitrogens with one attached hydrogen (secondary N) is 1. The third-order valence-corrected chi connectivity index (χ3v) is 11.8. The number of benzene rings is 3. The monoisotopic (exact) mass is 790 g/mol. The molecule has 0 bridgehead atoms. The number of phenols is 1. The highest BCUT2D eigenvalue weighted by molar-refractivity contribution is 6.58. The van der Waals surface area contributed by atoms with Gasteiger partial charge in [-0.15, -0.1) is 0 Å². The summed E-state index contributed by atoms with van der Waals surface area (Å²) in [6.07, 6.45) is -2.42. The number of alkyl halides is 3. The summed E-state index contributed by atoms with van der Waals surface area (Å²) in [5.41, 5.74) is 1.39. The average molecular weight is 791 g/mol. The highest BCUT2D eigenvalue weighted by atomic mass is 35.5. The molecule has 280 valence electrons. The summed E-state index contributed by atoms with van der Waals surface area (Å²) >= 11 is 12.5. The maximum Gasteiger partial charge on any atom is 0.488 e. The summed E-state index contributed by atoms with van der Waals surface area (Å²) < 4.78 is 40.3. The van der Waals surface area contributed by atoms with Crippen LogP contribution in [0.15, 0.2) is 96.7 Å².